The SMILES string of the molecule is CN(CCN1CCC2=C(Cc3ccc(Cl)cc32)C1CNC(=O)CN)c1ccc(Cl)c(Cl)n1.Cl.Cl. The topological polar surface area (TPSA) is 74.5 Å². The summed E-state index contributed by atoms with van der Waals surface area (Å²) in [5, 5.41) is 4.49. The Balaban J connectivity index is 0.00000204. The number of fused-ring (bicyclic) bond motifs is 2. The first-order valence-electron chi connectivity index (χ1n) is 10.6. The summed E-state index contributed by atoms with van der Waals surface area (Å²) < 4.78 is 0. The molecule has 4 rings (SSSR count). The van der Waals surface area contributed by atoms with E-state index in [1.165, 1.54) is 22.3 Å². The summed E-state index contributed by atoms with van der Waals surface area (Å²) >= 11 is 18.4. The molecule has 0 saturated heterocycles. The Bertz CT molecular complexity index is 1060. The number of aromatic nitrogens is 1. The summed E-state index contributed by atoms with van der Waals surface area (Å²) in [4.78, 5) is 20.7. The second-order valence-corrected chi connectivity index (χ2v) is 9.36. The molecule has 1 aliphatic heterocycles. The van der Waals surface area contributed by atoms with Crippen molar-refractivity contribution in [1.29, 1.82) is 0 Å². The first kappa shape index (κ1) is 29.0. The van der Waals surface area contributed by atoms with Gasteiger partial charge in [-0.05, 0) is 59.4 Å². The highest BCUT2D eigenvalue weighted by atomic mass is 35.5. The molecule has 1 aromatic carbocycles. The van der Waals surface area contributed by atoms with Crippen LogP contribution in [0, 0.1) is 0 Å². The van der Waals surface area contributed by atoms with Crippen molar-refractivity contribution in [2.24, 2.45) is 5.73 Å². The fourth-order valence-electron chi connectivity index (χ4n) is 4.53. The molecule has 6 nitrogen and oxygen atoms in total. The van der Waals surface area contributed by atoms with Crippen LogP contribution in [0.3, 0.4) is 0 Å². The van der Waals surface area contributed by atoms with Gasteiger partial charge in [0.15, 0.2) is 0 Å². The Morgan fingerprint density at radius 1 is 1.24 bits per heavy atom. The molecule has 1 aliphatic carbocycles. The van der Waals surface area contributed by atoms with Crippen molar-refractivity contribution in [2.45, 2.75) is 18.9 Å². The van der Waals surface area contributed by atoms with Gasteiger partial charge in [-0.2, -0.15) is 0 Å². The Labute approximate surface area is 227 Å². The summed E-state index contributed by atoms with van der Waals surface area (Å²) in [6.45, 7) is 2.99. The number of nitrogens with two attached hydrogens (primary N) is 1. The number of hydrogen-bond donors (Lipinski definition) is 2. The van der Waals surface area contributed by atoms with Gasteiger partial charge in [0, 0.05) is 44.3 Å². The maximum Gasteiger partial charge on any atom is 0.233 e. The van der Waals surface area contributed by atoms with E-state index in [4.69, 9.17) is 40.5 Å². The monoisotopic (exact) mass is 565 g/mol. The summed E-state index contributed by atoms with van der Waals surface area (Å²) in [6.07, 6.45) is 1.84. The highest BCUT2D eigenvalue weighted by Gasteiger charge is 2.34. The van der Waals surface area contributed by atoms with Gasteiger partial charge in [-0.3, -0.25) is 9.69 Å². The molecule has 0 fully saturated rings. The van der Waals surface area contributed by atoms with Gasteiger partial charge in [0.05, 0.1) is 11.6 Å². The number of carbonyl (C=O) groups excluding carboxylic acids is 1. The number of halogens is 5. The lowest BCUT2D eigenvalue weighted by molar-refractivity contribution is -0.119. The number of benzene rings is 1. The Morgan fingerprint density at radius 2 is 2.00 bits per heavy atom. The van der Waals surface area contributed by atoms with Crippen LogP contribution in [0.15, 0.2) is 35.9 Å². The van der Waals surface area contributed by atoms with Crippen LogP contribution in [0.4, 0.5) is 5.82 Å². The molecule has 2 aromatic rings. The van der Waals surface area contributed by atoms with Crippen LogP contribution in [0.25, 0.3) is 5.57 Å². The zero-order valence-corrected chi connectivity index (χ0v) is 22.6. The van der Waals surface area contributed by atoms with Gasteiger partial charge in [-0.25, -0.2) is 4.98 Å². The minimum Gasteiger partial charge on any atom is -0.358 e. The smallest absolute Gasteiger partial charge is 0.233 e. The average molecular weight is 568 g/mol. The maximum absolute atomic E-state index is 11.9. The second kappa shape index (κ2) is 12.6. The van der Waals surface area contributed by atoms with Crippen molar-refractivity contribution in [2.75, 3.05) is 44.7 Å². The molecular formula is C23H28Cl5N5O. The third-order valence-corrected chi connectivity index (χ3v) is 7.16. The fourth-order valence-corrected chi connectivity index (χ4v) is 4.96. The minimum atomic E-state index is -0.145. The number of carbonyl (C=O) groups is 1. The lowest BCUT2D eigenvalue weighted by Crippen LogP contribution is -2.50. The van der Waals surface area contributed by atoms with Crippen molar-refractivity contribution in [3.05, 3.63) is 62.2 Å². The van der Waals surface area contributed by atoms with Crippen LogP contribution in [0.2, 0.25) is 15.2 Å². The highest BCUT2D eigenvalue weighted by Crippen LogP contribution is 2.41. The number of nitrogens with zero attached hydrogens (tertiary/aromatic N) is 3. The first-order valence-corrected chi connectivity index (χ1v) is 11.8. The molecule has 2 heterocycles. The van der Waals surface area contributed by atoms with Crippen LogP contribution in [0.5, 0.6) is 0 Å². The number of amides is 1. The summed E-state index contributed by atoms with van der Waals surface area (Å²) in [5.41, 5.74) is 10.8. The van der Waals surface area contributed by atoms with Crippen LogP contribution < -0.4 is 16.0 Å². The molecule has 1 amide bonds. The molecule has 1 unspecified atom stereocenters. The number of anilines is 1. The molecule has 11 heteroatoms. The van der Waals surface area contributed by atoms with E-state index >= 15 is 0 Å². The fraction of sp³-hybridized carbons (Fsp3) is 0.391. The normalized spacial score (nSPS) is 16.8. The predicted octanol–water partition coefficient (Wildman–Crippen LogP) is 4.48. The number of pyridine rings is 1. The van der Waals surface area contributed by atoms with Crippen LogP contribution in [-0.4, -0.2) is 61.6 Å². The Kier molecular flexibility index (Phi) is 10.8. The van der Waals surface area contributed by atoms with Gasteiger partial charge < -0.3 is 16.0 Å². The van der Waals surface area contributed by atoms with Crippen molar-refractivity contribution in [1.82, 2.24) is 15.2 Å². The van der Waals surface area contributed by atoms with E-state index in [9.17, 15) is 4.79 Å². The number of hydrogen-bond acceptors (Lipinski definition) is 5. The van der Waals surface area contributed by atoms with Crippen molar-refractivity contribution in [3.8, 4) is 0 Å². The number of nitrogens with one attached hydrogen (secondary N) is 1. The molecule has 2 aliphatic rings. The number of rotatable bonds is 7. The van der Waals surface area contributed by atoms with E-state index in [1.54, 1.807) is 6.07 Å². The Morgan fingerprint density at radius 3 is 2.71 bits per heavy atom. The van der Waals surface area contributed by atoms with Crippen molar-refractivity contribution in [3.63, 3.8) is 0 Å². The predicted molar refractivity (Wildman–Crippen MR) is 146 cm³/mol. The third kappa shape index (κ3) is 6.30. The van der Waals surface area contributed by atoms with E-state index in [-0.39, 0.29) is 43.3 Å². The summed E-state index contributed by atoms with van der Waals surface area (Å²) in [6, 6.07) is 9.85. The quantitative estimate of drug-likeness (QED) is 0.483. The maximum atomic E-state index is 11.9. The summed E-state index contributed by atoms with van der Waals surface area (Å²) in [5.74, 6) is 0.626. The Hall–Kier alpha value is -1.25. The number of likely N-dealkylation sites (N-methyl/N-ethyl adjacent to an activating group) is 1. The van der Waals surface area contributed by atoms with Gasteiger partial charge in [0.2, 0.25) is 5.91 Å². The molecule has 3 N–H and O–H groups in total. The second-order valence-electron chi connectivity index (χ2n) is 8.16. The van der Waals surface area contributed by atoms with E-state index in [2.05, 4.69) is 32.2 Å². The van der Waals surface area contributed by atoms with Crippen molar-refractivity contribution >= 4 is 76.9 Å². The summed E-state index contributed by atoms with van der Waals surface area (Å²) in [7, 11) is 1.99. The zero-order valence-electron chi connectivity index (χ0n) is 18.7. The average Bonchev–Trinajstić information content (AvgIpc) is 3.15. The van der Waals surface area contributed by atoms with Crippen LogP contribution in [-0.2, 0) is 11.2 Å². The molecule has 0 bridgehead atoms. The lowest BCUT2D eigenvalue weighted by Gasteiger charge is -2.38. The molecule has 1 atom stereocenters. The van der Waals surface area contributed by atoms with E-state index < -0.39 is 0 Å². The van der Waals surface area contributed by atoms with Gasteiger partial charge >= 0.3 is 0 Å². The van der Waals surface area contributed by atoms with E-state index in [0.29, 0.717) is 16.7 Å². The third-order valence-electron chi connectivity index (χ3n) is 6.24. The van der Waals surface area contributed by atoms with Gasteiger partial charge in [0.25, 0.3) is 0 Å². The van der Waals surface area contributed by atoms with Crippen molar-refractivity contribution < 1.29 is 4.79 Å². The largest absolute Gasteiger partial charge is 0.358 e. The van der Waals surface area contributed by atoms with Crippen LogP contribution >= 0.6 is 59.6 Å². The lowest BCUT2D eigenvalue weighted by atomic mass is 9.92. The molecule has 0 spiro atoms. The van der Waals surface area contributed by atoms with E-state index in [0.717, 1.165) is 43.3 Å². The first-order chi connectivity index (χ1) is 15.4. The molecule has 34 heavy (non-hydrogen) atoms. The van der Waals surface area contributed by atoms with E-state index in [1.807, 2.05) is 19.2 Å². The minimum absolute atomic E-state index is 0. The molecule has 0 radical (unpaired) electrons. The molecule has 1 aromatic heterocycles. The van der Waals surface area contributed by atoms with Gasteiger partial charge in [-0.15, -0.1) is 24.8 Å². The zero-order chi connectivity index (χ0) is 22.8. The highest BCUT2D eigenvalue weighted by molar-refractivity contribution is 6.41. The standard InChI is InChI=1S/C23H26Cl3N5O.2ClH/c1-30(21-5-4-19(25)23(26)29-21)8-9-31-7-6-16-17-11-15(24)3-2-14(17)10-18(16)20(31)13-28-22(32)12-27;;/h2-5,11,20H,6-10,12-13,27H2,1H3,(H,28,32);2*1H. The molecule has 0 saturated carbocycles. The molecular weight excluding hydrogens is 540 g/mol. The van der Waals surface area contributed by atoms with Crippen LogP contribution in [0.1, 0.15) is 17.5 Å². The van der Waals surface area contributed by atoms with Gasteiger partial charge in [-0.1, -0.05) is 40.9 Å². The van der Waals surface area contributed by atoms with Gasteiger partial charge in [0.1, 0.15) is 11.0 Å². The molecule has 186 valence electrons.